The molecule has 0 saturated carbocycles. The number of hydrogen-bond donors (Lipinski definition) is 0. The van der Waals surface area contributed by atoms with Crippen LogP contribution in [0.3, 0.4) is 0 Å². The van der Waals surface area contributed by atoms with Crippen LogP contribution in [0.1, 0.15) is 45.6 Å². The third kappa shape index (κ3) is 2.56. The summed E-state index contributed by atoms with van der Waals surface area (Å²) < 4.78 is 26.9. The number of benzene rings is 1. The van der Waals surface area contributed by atoms with Gasteiger partial charge in [0.15, 0.2) is 0 Å². The number of nitrogens with zero attached hydrogens (tertiary/aromatic N) is 1. The summed E-state index contributed by atoms with van der Waals surface area (Å²) >= 11 is 0. The quantitative estimate of drug-likeness (QED) is 0.776. The molecule has 1 aromatic rings. The van der Waals surface area contributed by atoms with E-state index < -0.39 is 10.0 Å². The first-order valence-corrected chi connectivity index (χ1v) is 8.37. The molecule has 0 spiro atoms. The highest BCUT2D eigenvalue weighted by atomic mass is 32.2. The molecule has 0 amide bonds. The molecule has 1 aliphatic rings. The average Bonchev–Trinajstić information content (AvgIpc) is 2.90. The normalized spacial score (nSPS) is 25.3. The standard InChI is InChI=1S/C15H23NO2S/c1-5-6-7-14-15(3,4)16(14)19(17,18)13-10-8-12(2)9-11-13/h8-11,14H,5-7H2,1-4H3/t14-,16?/m0/s1. The zero-order valence-electron chi connectivity index (χ0n) is 12.2. The highest BCUT2D eigenvalue weighted by Crippen LogP contribution is 2.47. The van der Waals surface area contributed by atoms with Gasteiger partial charge in [-0.1, -0.05) is 37.5 Å². The Bertz CT molecular complexity index is 546. The maximum Gasteiger partial charge on any atom is 0.243 e. The first-order valence-electron chi connectivity index (χ1n) is 6.93. The van der Waals surface area contributed by atoms with Crippen LogP contribution in [0.4, 0.5) is 0 Å². The Morgan fingerprint density at radius 1 is 1.21 bits per heavy atom. The molecule has 0 N–H and O–H groups in total. The SMILES string of the molecule is CCCC[C@@H]1N(S(=O)(=O)c2ccc(C)cc2)C1(C)C. The van der Waals surface area contributed by atoms with Gasteiger partial charge in [0, 0.05) is 11.6 Å². The molecule has 0 radical (unpaired) electrons. The van der Waals surface area contributed by atoms with E-state index in [1.807, 2.05) is 32.9 Å². The Hall–Kier alpha value is -0.870. The fourth-order valence-corrected chi connectivity index (χ4v) is 4.80. The number of rotatable bonds is 5. The van der Waals surface area contributed by atoms with E-state index in [9.17, 15) is 8.42 Å². The Balaban J connectivity index is 2.24. The van der Waals surface area contributed by atoms with Gasteiger partial charge in [-0.2, -0.15) is 4.31 Å². The van der Waals surface area contributed by atoms with Crippen molar-refractivity contribution in [2.75, 3.05) is 0 Å². The summed E-state index contributed by atoms with van der Waals surface area (Å²) in [4.78, 5) is 0.408. The lowest BCUT2D eigenvalue weighted by Crippen LogP contribution is -2.18. The van der Waals surface area contributed by atoms with Gasteiger partial charge < -0.3 is 0 Å². The van der Waals surface area contributed by atoms with Crippen LogP contribution < -0.4 is 0 Å². The van der Waals surface area contributed by atoms with Gasteiger partial charge in [0.05, 0.1) is 4.90 Å². The van der Waals surface area contributed by atoms with Crippen molar-refractivity contribution in [3.8, 4) is 0 Å². The van der Waals surface area contributed by atoms with Crippen molar-refractivity contribution >= 4 is 10.0 Å². The molecule has 4 heteroatoms. The van der Waals surface area contributed by atoms with Gasteiger partial charge in [-0.25, -0.2) is 8.42 Å². The molecule has 2 rings (SSSR count). The molecule has 1 aromatic carbocycles. The molecular formula is C15H23NO2S. The molecular weight excluding hydrogens is 258 g/mol. The summed E-state index contributed by atoms with van der Waals surface area (Å²) in [6.45, 7) is 8.12. The van der Waals surface area contributed by atoms with Crippen LogP contribution >= 0.6 is 0 Å². The molecule has 0 bridgehead atoms. The molecule has 1 heterocycles. The van der Waals surface area contributed by atoms with Gasteiger partial charge in [-0.3, -0.25) is 0 Å². The number of aryl methyl sites for hydroxylation is 1. The van der Waals surface area contributed by atoms with Crippen molar-refractivity contribution in [3.05, 3.63) is 29.8 Å². The predicted octanol–water partition coefficient (Wildman–Crippen LogP) is 3.34. The van der Waals surface area contributed by atoms with E-state index in [-0.39, 0.29) is 11.6 Å². The lowest BCUT2D eigenvalue weighted by Gasteiger charge is -2.08. The number of sulfonamides is 1. The monoisotopic (exact) mass is 281 g/mol. The minimum absolute atomic E-state index is 0.152. The zero-order chi connectivity index (χ0) is 14.3. The fourth-order valence-electron chi connectivity index (χ4n) is 2.70. The third-order valence-electron chi connectivity index (χ3n) is 4.01. The highest BCUT2D eigenvalue weighted by molar-refractivity contribution is 7.89. The Morgan fingerprint density at radius 2 is 1.79 bits per heavy atom. The molecule has 1 unspecified atom stereocenters. The van der Waals surface area contributed by atoms with Gasteiger partial charge in [0.1, 0.15) is 0 Å². The third-order valence-corrected chi connectivity index (χ3v) is 6.12. The largest absolute Gasteiger partial charge is 0.243 e. The van der Waals surface area contributed by atoms with Crippen molar-refractivity contribution in [3.63, 3.8) is 0 Å². The molecule has 0 aromatic heterocycles. The lowest BCUT2D eigenvalue weighted by atomic mass is 10.1. The molecule has 106 valence electrons. The van der Waals surface area contributed by atoms with Crippen LogP contribution in [0.25, 0.3) is 0 Å². The summed E-state index contributed by atoms with van der Waals surface area (Å²) in [6.07, 6.45) is 3.13. The van der Waals surface area contributed by atoms with Crippen molar-refractivity contribution < 1.29 is 8.42 Å². The molecule has 19 heavy (non-hydrogen) atoms. The highest BCUT2D eigenvalue weighted by Gasteiger charge is 2.61. The van der Waals surface area contributed by atoms with Crippen molar-refractivity contribution in [2.24, 2.45) is 0 Å². The second kappa shape index (κ2) is 4.91. The average molecular weight is 281 g/mol. The second-order valence-electron chi connectivity index (χ2n) is 5.93. The van der Waals surface area contributed by atoms with E-state index in [0.29, 0.717) is 4.90 Å². The molecule has 2 atom stereocenters. The topological polar surface area (TPSA) is 37.1 Å². The summed E-state index contributed by atoms with van der Waals surface area (Å²) in [7, 11) is -3.34. The first kappa shape index (κ1) is 14.5. The summed E-state index contributed by atoms with van der Waals surface area (Å²) in [5.41, 5.74) is 0.838. The smallest absolute Gasteiger partial charge is 0.207 e. The van der Waals surface area contributed by atoms with Gasteiger partial charge >= 0.3 is 0 Å². The second-order valence-corrected chi connectivity index (χ2v) is 7.74. The molecule has 1 saturated heterocycles. The zero-order valence-corrected chi connectivity index (χ0v) is 13.0. The van der Waals surface area contributed by atoms with E-state index in [1.165, 1.54) is 0 Å². The van der Waals surface area contributed by atoms with E-state index in [1.54, 1.807) is 16.4 Å². The molecule has 1 aliphatic heterocycles. The van der Waals surface area contributed by atoms with Gasteiger partial charge in [0.25, 0.3) is 0 Å². The van der Waals surface area contributed by atoms with Crippen molar-refractivity contribution in [1.29, 1.82) is 0 Å². The fraction of sp³-hybridized carbons (Fsp3) is 0.600. The van der Waals surface area contributed by atoms with E-state index in [0.717, 1.165) is 24.8 Å². The minimum Gasteiger partial charge on any atom is -0.207 e. The summed E-state index contributed by atoms with van der Waals surface area (Å²) in [6, 6.07) is 7.26. The van der Waals surface area contributed by atoms with Gasteiger partial charge in [-0.15, -0.1) is 0 Å². The first-order chi connectivity index (χ1) is 8.81. The van der Waals surface area contributed by atoms with Crippen LogP contribution in [0.15, 0.2) is 29.2 Å². The molecule has 0 aliphatic carbocycles. The van der Waals surface area contributed by atoms with E-state index in [4.69, 9.17) is 0 Å². The van der Waals surface area contributed by atoms with Gasteiger partial charge in [0.2, 0.25) is 10.0 Å². The van der Waals surface area contributed by atoms with Crippen LogP contribution in [-0.4, -0.2) is 24.3 Å². The van der Waals surface area contributed by atoms with Crippen LogP contribution in [0.5, 0.6) is 0 Å². The molecule has 3 nitrogen and oxygen atoms in total. The number of unbranched alkanes of at least 4 members (excludes halogenated alkanes) is 1. The summed E-state index contributed by atoms with van der Waals surface area (Å²) in [5, 5.41) is 0. The Morgan fingerprint density at radius 3 is 2.32 bits per heavy atom. The molecule has 1 fully saturated rings. The van der Waals surface area contributed by atoms with Crippen LogP contribution in [0, 0.1) is 6.92 Å². The van der Waals surface area contributed by atoms with E-state index in [2.05, 4.69) is 6.92 Å². The maximum absolute atomic E-state index is 12.6. The van der Waals surface area contributed by atoms with Crippen LogP contribution in [-0.2, 0) is 10.0 Å². The van der Waals surface area contributed by atoms with Crippen molar-refractivity contribution in [1.82, 2.24) is 4.31 Å². The Labute approximate surface area is 116 Å². The lowest BCUT2D eigenvalue weighted by molar-refractivity contribution is 0.524. The predicted molar refractivity (Wildman–Crippen MR) is 77.6 cm³/mol. The summed E-state index contributed by atoms with van der Waals surface area (Å²) in [5.74, 6) is 0. The van der Waals surface area contributed by atoms with Crippen molar-refractivity contribution in [2.45, 2.75) is 63.4 Å². The number of hydrogen-bond acceptors (Lipinski definition) is 2. The minimum atomic E-state index is -3.34. The van der Waals surface area contributed by atoms with Crippen LogP contribution in [0.2, 0.25) is 0 Å². The Kier molecular flexibility index (Phi) is 3.76. The van der Waals surface area contributed by atoms with Gasteiger partial charge in [-0.05, 0) is 39.3 Å². The maximum atomic E-state index is 12.6. The van der Waals surface area contributed by atoms with E-state index >= 15 is 0 Å².